The van der Waals surface area contributed by atoms with Crippen molar-refractivity contribution in [3.63, 3.8) is 0 Å². The Bertz CT molecular complexity index is 435. The Kier molecular flexibility index (Phi) is 4.42. The van der Waals surface area contributed by atoms with Gasteiger partial charge in [0.15, 0.2) is 0 Å². The summed E-state index contributed by atoms with van der Waals surface area (Å²) in [6, 6.07) is 6.46. The lowest BCUT2D eigenvalue weighted by atomic mass is 9.62. The molecular formula is C17H29OP. The summed E-state index contributed by atoms with van der Waals surface area (Å²) >= 11 is 0. The first-order chi connectivity index (χ1) is 8.45. The number of hydrogen-bond donors (Lipinski definition) is 0. The first kappa shape index (κ1) is 16.5. The second-order valence-corrected chi connectivity index (χ2v) is 8.38. The van der Waals surface area contributed by atoms with Crippen LogP contribution in [-0.2, 0) is 5.16 Å². The summed E-state index contributed by atoms with van der Waals surface area (Å²) in [7, 11) is 4.88. The van der Waals surface area contributed by atoms with Gasteiger partial charge >= 0.3 is 0 Å². The monoisotopic (exact) mass is 280 g/mol. The van der Waals surface area contributed by atoms with E-state index in [0.29, 0.717) is 0 Å². The fourth-order valence-corrected chi connectivity index (χ4v) is 3.29. The third-order valence-corrected chi connectivity index (χ3v) is 6.19. The van der Waals surface area contributed by atoms with Crippen LogP contribution in [0.15, 0.2) is 18.2 Å². The van der Waals surface area contributed by atoms with Gasteiger partial charge in [0.25, 0.3) is 0 Å². The Morgan fingerprint density at radius 1 is 0.947 bits per heavy atom. The van der Waals surface area contributed by atoms with E-state index in [9.17, 15) is 0 Å². The molecule has 0 amide bonds. The third-order valence-electron chi connectivity index (χ3n) is 4.15. The smallest absolute Gasteiger partial charge is 0.123 e. The molecule has 0 bridgehead atoms. The van der Waals surface area contributed by atoms with Gasteiger partial charge in [-0.3, -0.25) is 0 Å². The van der Waals surface area contributed by atoms with Gasteiger partial charge in [0, 0.05) is 10.7 Å². The summed E-state index contributed by atoms with van der Waals surface area (Å²) in [5, 5.41) is -0.0582. The fraction of sp³-hybridized carbons (Fsp3) is 0.647. The Morgan fingerprint density at radius 2 is 1.42 bits per heavy atom. The predicted molar refractivity (Wildman–Crippen MR) is 88.0 cm³/mol. The third kappa shape index (κ3) is 2.82. The van der Waals surface area contributed by atoms with Crippen molar-refractivity contribution in [1.29, 1.82) is 0 Å². The van der Waals surface area contributed by atoms with Crippen molar-refractivity contribution in [2.45, 2.75) is 53.6 Å². The molecule has 0 N–H and O–H groups in total. The molecule has 0 saturated carbocycles. The normalized spacial score (nSPS) is 13.5. The van der Waals surface area contributed by atoms with Crippen molar-refractivity contribution in [3.05, 3.63) is 29.3 Å². The summed E-state index contributed by atoms with van der Waals surface area (Å²) in [5.41, 5.74) is 2.77. The molecule has 0 fully saturated rings. The van der Waals surface area contributed by atoms with Crippen LogP contribution in [-0.4, -0.2) is 7.11 Å². The number of hydrogen-bond acceptors (Lipinski definition) is 1. The maximum Gasteiger partial charge on any atom is 0.123 e. The average Bonchev–Trinajstić information content (AvgIpc) is 2.24. The van der Waals surface area contributed by atoms with Crippen LogP contribution in [0.4, 0.5) is 0 Å². The molecule has 0 radical (unpaired) electrons. The highest BCUT2D eigenvalue weighted by molar-refractivity contribution is 7.18. The van der Waals surface area contributed by atoms with Crippen LogP contribution in [0.2, 0.25) is 0 Å². The maximum atomic E-state index is 5.62. The summed E-state index contributed by atoms with van der Waals surface area (Å²) in [6.07, 6.45) is 0. The number of ether oxygens (including phenoxy) is 1. The number of aryl methyl sites for hydroxylation is 1. The topological polar surface area (TPSA) is 9.23 Å². The van der Waals surface area contributed by atoms with Gasteiger partial charge in [-0.2, -0.15) is 0 Å². The molecule has 108 valence electrons. The molecule has 1 aromatic rings. The van der Waals surface area contributed by atoms with Crippen molar-refractivity contribution in [2.75, 3.05) is 7.11 Å². The summed E-state index contributed by atoms with van der Waals surface area (Å²) < 4.78 is 5.62. The number of benzene rings is 1. The van der Waals surface area contributed by atoms with Crippen molar-refractivity contribution >= 4 is 9.24 Å². The minimum absolute atomic E-state index is 0.0582. The second kappa shape index (κ2) is 5.09. The molecule has 0 heterocycles. The number of methoxy groups -OCH3 is 1. The lowest BCUT2D eigenvalue weighted by Crippen LogP contribution is -2.45. The van der Waals surface area contributed by atoms with E-state index in [0.717, 1.165) is 5.75 Å². The lowest BCUT2D eigenvalue weighted by Gasteiger charge is -2.52. The van der Waals surface area contributed by atoms with Crippen molar-refractivity contribution in [1.82, 2.24) is 0 Å². The molecule has 1 nitrogen and oxygen atoms in total. The molecular weight excluding hydrogens is 251 g/mol. The van der Waals surface area contributed by atoms with E-state index in [2.05, 4.69) is 75.9 Å². The predicted octanol–water partition coefficient (Wildman–Crippen LogP) is 5.17. The molecule has 0 aromatic heterocycles. The number of rotatable bonds is 2. The second-order valence-electron chi connectivity index (χ2n) is 7.51. The van der Waals surface area contributed by atoms with Crippen LogP contribution in [0.25, 0.3) is 0 Å². The van der Waals surface area contributed by atoms with Crippen molar-refractivity contribution < 1.29 is 4.74 Å². The van der Waals surface area contributed by atoms with Gasteiger partial charge in [-0.1, -0.05) is 59.2 Å². The molecule has 1 aromatic carbocycles. The van der Waals surface area contributed by atoms with Gasteiger partial charge in [-0.15, -0.1) is 9.24 Å². The van der Waals surface area contributed by atoms with Gasteiger partial charge < -0.3 is 4.74 Å². The Labute approximate surface area is 121 Å². The van der Waals surface area contributed by atoms with E-state index in [1.54, 1.807) is 7.11 Å². The van der Waals surface area contributed by atoms with Crippen LogP contribution >= 0.6 is 9.24 Å². The molecule has 1 unspecified atom stereocenters. The molecule has 0 aliphatic rings. The summed E-state index contributed by atoms with van der Waals surface area (Å²) in [5.74, 6) is 0.977. The van der Waals surface area contributed by atoms with E-state index in [4.69, 9.17) is 4.74 Å². The highest BCUT2D eigenvalue weighted by Gasteiger charge is 2.49. The molecule has 0 aliphatic heterocycles. The Hall–Kier alpha value is -0.550. The SMILES string of the molecule is COc1ccc(C)cc1C(P)(C(C)(C)C)C(C)(C)C. The molecule has 0 spiro atoms. The summed E-state index contributed by atoms with van der Waals surface area (Å²) in [4.78, 5) is 0. The maximum absolute atomic E-state index is 5.62. The molecule has 0 aliphatic carbocycles. The van der Waals surface area contributed by atoms with E-state index in [1.165, 1.54) is 11.1 Å². The molecule has 1 rings (SSSR count). The van der Waals surface area contributed by atoms with E-state index >= 15 is 0 Å². The zero-order valence-electron chi connectivity index (χ0n) is 13.7. The van der Waals surface area contributed by atoms with Gasteiger partial charge in [-0.25, -0.2) is 0 Å². The fourth-order valence-electron chi connectivity index (χ4n) is 3.06. The quantitative estimate of drug-likeness (QED) is 0.679. The largest absolute Gasteiger partial charge is 0.496 e. The highest BCUT2D eigenvalue weighted by atomic mass is 31.0. The van der Waals surface area contributed by atoms with Crippen molar-refractivity contribution in [2.24, 2.45) is 10.8 Å². The van der Waals surface area contributed by atoms with Gasteiger partial charge in [-0.05, 0) is 23.8 Å². The van der Waals surface area contributed by atoms with Crippen molar-refractivity contribution in [3.8, 4) is 5.75 Å². The van der Waals surface area contributed by atoms with Crippen LogP contribution in [0.1, 0.15) is 52.7 Å². The Morgan fingerprint density at radius 3 is 1.79 bits per heavy atom. The van der Waals surface area contributed by atoms with E-state index < -0.39 is 0 Å². The minimum Gasteiger partial charge on any atom is -0.496 e. The Balaban J connectivity index is 3.65. The zero-order valence-corrected chi connectivity index (χ0v) is 14.9. The van der Waals surface area contributed by atoms with Crippen LogP contribution in [0, 0.1) is 17.8 Å². The first-order valence-corrected chi connectivity index (χ1v) is 7.47. The summed E-state index contributed by atoms with van der Waals surface area (Å²) in [6.45, 7) is 15.9. The molecule has 19 heavy (non-hydrogen) atoms. The van der Waals surface area contributed by atoms with Crippen LogP contribution in [0.5, 0.6) is 5.75 Å². The average molecular weight is 280 g/mol. The zero-order chi connectivity index (χ0) is 15.1. The standard InChI is InChI=1S/C17H29OP/c1-12-9-10-14(18-8)13(11-12)17(19,15(2,3)4)16(5,6)7/h9-11H,19H2,1-8H3. The minimum atomic E-state index is -0.0582. The van der Waals surface area contributed by atoms with E-state index in [-0.39, 0.29) is 16.0 Å². The highest BCUT2D eigenvalue weighted by Crippen LogP contribution is 2.59. The molecule has 0 saturated heterocycles. The molecule has 1 atom stereocenters. The van der Waals surface area contributed by atoms with Gasteiger partial charge in [0.1, 0.15) is 5.75 Å². The first-order valence-electron chi connectivity index (χ1n) is 6.89. The molecule has 2 heteroatoms. The van der Waals surface area contributed by atoms with Gasteiger partial charge in [0.2, 0.25) is 0 Å². The van der Waals surface area contributed by atoms with Crippen LogP contribution < -0.4 is 4.74 Å². The van der Waals surface area contributed by atoms with Gasteiger partial charge in [0.05, 0.1) is 7.11 Å². The van der Waals surface area contributed by atoms with Crippen LogP contribution in [0.3, 0.4) is 0 Å². The lowest BCUT2D eigenvalue weighted by molar-refractivity contribution is 0.136. The van der Waals surface area contributed by atoms with E-state index in [1.807, 2.05) is 0 Å².